The SMILES string of the molecule is [C-]#[N+]c1ccc(-c2nc3cc([N+]#[C-])c4c(-c5ccccc5-c5c(F)c(F)c(F)c(F)c5F)nc5ccccc5c4c3nc2-c2ccc(C#N)cc2)cc1.[C-]#[N+]c1ccc(-c2nc3cc([N+]#[C-])c4c(-c5ccccc5-c5cc(F)c(F)c(F)c5)nc5ccccc5c4c3nc2-c2ccc(C#N)cc2)cc1.[C-]#[N+]c1ccc(-c2nc3cc([N+]#[C-])c4c(-c5ccccc5C#N)nc5ccccc5c4c3nc2-c2ccc(C#N)cc2)cc1. The number of rotatable bonds is 11. The van der Waals surface area contributed by atoms with Gasteiger partial charge in [0.05, 0.1) is 192 Å². The van der Waals surface area contributed by atoms with E-state index in [1.807, 2.05) is 84.9 Å². The number of para-hydroxylation sites is 3. The molecule has 6 aromatic heterocycles. The minimum absolute atomic E-state index is 0.00695. The third-order valence-corrected chi connectivity index (χ3v) is 25.2. The normalized spacial score (nSPS) is 10.9. The number of nitrogens with zero attached hydrogens (tertiary/aromatic N) is 19. The maximum atomic E-state index is 15.3. The van der Waals surface area contributed by atoms with Crippen molar-refractivity contribution in [3.05, 3.63) is 459 Å². The van der Waals surface area contributed by atoms with Crippen molar-refractivity contribution in [3.8, 4) is 148 Å². The Morgan fingerprint density at radius 3 is 0.791 bits per heavy atom. The lowest BCUT2D eigenvalue weighted by Gasteiger charge is -2.18. The molecule has 19 nitrogen and oxygen atoms in total. The summed E-state index contributed by atoms with van der Waals surface area (Å²) >= 11 is 0. The highest BCUT2D eigenvalue weighted by Gasteiger charge is 2.33. The van der Waals surface area contributed by atoms with Crippen molar-refractivity contribution in [2.24, 2.45) is 0 Å². The predicted octanol–water partition coefficient (Wildman–Crippen LogP) is 32.2. The highest BCUT2D eigenvalue weighted by atomic mass is 19.2. The number of fused-ring (bicyclic) bond motifs is 15. The Morgan fingerprint density at radius 1 is 0.209 bits per heavy atom. The van der Waals surface area contributed by atoms with E-state index in [-0.39, 0.29) is 39.1 Å². The van der Waals surface area contributed by atoms with Gasteiger partial charge in [-0.15, -0.1) is 0 Å². The van der Waals surface area contributed by atoms with Crippen LogP contribution >= 0.6 is 0 Å². The summed E-state index contributed by atoms with van der Waals surface area (Å²) in [7, 11) is 0. The zero-order valence-corrected chi connectivity index (χ0v) is 76.1. The molecule has 17 aromatic carbocycles. The van der Waals surface area contributed by atoms with Crippen molar-refractivity contribution >= 4 is 132 Å². The third kappa shape index (κ3) is 16.3. The second-order valence-corrected chi connectivity index (χ2v) is 33.6. The second kappa shape index (κ2) is 38.4. The molecule has 0 N–H and O–H groups in total. The van der Waals surface area contributed by atoms with Crippen LogP contribution in [0.15, 0.2) is 322 Å². The number of hydrogen-bond acceptors (Lipinski definition) is 13. The Kier molecular flexibility index (Phi) is 24.0. The number of halogens is 8. The van der Waals surface area contributed by atoms with Crippen molar-refractivity contribution in [1.29, 1.82) is 21.0 Å². The lowest BCUT2D eigenvalue weighted by atomic mass is 9.91. The molecule has 0 aliphatic heterocycles. The van der Waals surface area contributed by atoms with Crippen LogP contribution in [0.2, 0.25) is 0 Å². The summed E-state index contributed by atoms with van der Waals surface area (Å²) < 4.78 is 117. The van der Waals surface area contributed by atoms with E-state index in [2.05, 4.69) is 53.3 Å². The Labute approximate surface area is 834 Å². The van der Waals surface area contributed by atoms with Gasteiger partial charge in [-0.1, -0.05) is 231 Å². The molecule has 0 unspecified atom stereocenters. The zero-order chi connectivity index (χ0) is 102. The summed E-state index contributed by atoms with van der Waals surface area (Å²) in [4.78, 5) is 67.8. The molecule has 148 heavy (non-hydrogen) atoms. The summed E-state index contributed by atoms with van der Waals surface area (Å²) in [5.74, 6) is -14.7. The van der Waals surface area contributed by atoms with Gasteiger partial charge in [0.25, 0.3) is 0 Å². The van der Waals surface area contributed by atoms with E-state index >= 15 is 8.78 Å². The minimum Gasteiger partial charge on any atom is -0.248 e. The van der Waals surface area contributed by atoms with Crippen molar-refractivity contribution in [2.75, 3.05) is 0 Å². The Bertz CT molecular complexity index is 10100. The highest BCUT2D eigenvalue weighted by Crippen LogP contribution is 2.52. The van der Waals surface area contributed by atoms with Gasteiger partial charge in [-0.3, -0.25) is 0 Å². The molecule has 0 bridgehead atoms. The van der Waals surface area contributed by atoms with Crippen molar-refractivity contribution < 1.29 is 35.1 Å². The van der Waals surface area contributed by atoms with Gasteiger partial charge in [0.2, 0.25) is 5.82 Å². The lowest BCUT2D eigenvalue weighted by molar-refractivity contribution is 0.381. The average molecular weight is 1920 g/mol. The molecular formula is C121H53F8N19. The number of aromatic nitrogens is 9. The van der Waals surface area contributed by atoms with Crippen LogP contribution in [0.4, 0.5) is 69.2 Å². The van der Waals surface area contributed by atoms with Crippen LogP contribution in [-0.4, -0.2) is 44.9 Å². The standard InChI is InChI=1S/C42H17F5N6.C42H19F3N6.C37H17N7/c1-49-24-17-15-23(16-18-24)39-40(22-13-11-21(20-48)12-14-22)53-42-30(52-39)19-29(50-2)33-31(42)27-9-5-6-10-28(27)51-41(33)26-8-4-3-7-25(26)32-34(43)36(45)38(47)37(46)35(32)44;1-47-27-17-15-25(16-18-27)39-40(24-13-11-23(22-46)12-14-24)51-42-35(50-39)21-34(48-2)37-36(42)30-9-5-6-10-33(30)49-41(37)29-8-4-3-7-28(29)26-19-31(43)38(45)32(44)20-26;1-40-26-17-15-24(16-18-26)34-35(23-13-11-22(20-38)12-14-23)44-37-31(43-34)19-30(41-2)33-32(37)28-9-5-6-10-29(28)42-36(33)27-8-4-3-7-25(27)21-39/h3-19H;3-21H;3-19H. The van der Waals surface area contributed by atoms with Crippen LogP contribution in [0.3, 0.4) is 0 Å². The maximum Gasteiger partial charge on any atom is 0.200 e. The Balaban J connectivity index is 0.000000131. The zero-order valence-electron chi connectivity index (χ0n) is 76.1. The van der Waals surface area contributed by atoms with E-state index in [1.165, 1.54) is 30.3 Å². The van der Waals surface area contributed by atoms with Crippen LogP contribution in [0.25, 0.3) is 251 Å². The van der Waals surface area contributed by atoms with E-state index in [0.29, 0.717) is 211 Å². The van der Waals surface area contributed by atoms with Crippen molar-refractivity contribution in [3.63, 3.8) is 0 Å². The molecule has 6 heterocycles. The van der Waals surface area contributed by atoms with E-state index in [0.717, 1.165) is 34.0 Å². The average Bonchev–Trinajstić information content (AvgIpc) is 0.714. The second-order valence-electron chi connectivity index (χ2n) is 33.6. The third-order valence-electron chi connectivity index (χ3n) is 25.2. The number of nitriles is 4. The number of pyridine rings is 3. The Hall–Kier alpha value is -21.9. The van der Waals surface area contributed by atoms with Gasteiger partial charge in [-0.25, -0.2) is 109 Å². The maximum absolute atomic E-state index is 15.3. The molecule has 0 aliphatic carbocycles. The summed E-state index contributed by atoms with van der Waals surface area (Å²) in [6.07, 6.45) is 0. The first-order valence-electron chi connectivity index (χ1n) is 44.9. The summed E-state index contributed by atoms with van der Waals surface area (Å²) in [5.41, 5.74) is 16.6. The molecule has 0 spiro atoms. The van der Waals surface area contributed by atoms with Gasteiger partial charge < -0.3 is 0 Å². The molecule has 0 amide bonds. The molecule has 0 atom stereocenters. The molecule has 0 saturated carbocycles. The van der Waals surface area contributed by atoms with Crippen LogP contribution in [0, 0.1) is 131 Å². The number of benzene rings is 17. The van der Waals surface area contributed by atoms with Gasteiger partial charge in [0.15, 0.2) is 74.8 Å². The Morgan fingerprint density at radius 2 is 0.473 bits per heavy atom. The van der Waals surface area contributed by atoms with Gasteiger partial charge in [-0.05, 0) is 124 Å². The lowest BCUT2D eigenvalue weighted by Crippen LogP contribution is -2.05. The minimum atomic E-state index is -2.28. The quantitative estimate of drug-likeness (QED) is 0.0385. The summed E-state index contributed by atoms with van der Waals surface area (Å²) in [6, 6.07) is 99.0. The molecule has 0 radical (unpaired) electrons. The van der Waals surface area contributed by atoms with E-state index in [4.69, 9.17) is 84.3 Å². The van der Waals surface area contributed by atoms with Gasteiger partial charge in [-0.2, -0.15) is 21.0 Å². The molecule has 23 aromatic rings. The smallest absolute Gasteiger partial charge is 0.200 e. The van der Waals surface area contributed by atoms with Crippen LogP contribution in [0.1, 0.15) is 22.3 Å². The predicted molar refractivity (Wildman–Crippen MR) is 553 cm³/mol. The first kappa shape index (κ1) is 92.5. The van der Waals surface area contributed by atoms with E-state index in [1.54, 1.807) is 194 Å². The molecule has 0 saturated heterocycles. The molecule has 688 valence electrons. The first-order chi connectivity index (χ1) is 72.2. The van der Waals surface area contributed by atoms with Crippen LogP contribution < -0.4 is 0 Å². The fourth-order valence-electron chi connectivity index (χ4n) is 18.4. The molecular weight excluding hydrogens is 1870 g/mol. The molecule has 23 rings (SSSR count). The monoisotopic (exact) mass is 1920 g/mol. The molecule has 27 heteroatoms. The van der Waals surface area contributed by atoms with Crippen molar-refractivity contribution in [2.45, 2.75) is 0 Å². The molecule has 0 fully saturated rings. The summed E-state index contributed by atoms with van der Waals surface area (Å²) in [6.45, 7) is 46.8. The van der Waals surface area contributed by atoms with Crippen LogP contribution in [-0.2, 0) is 0 Å². The molecule has 0 aliphatic rings. The highest BCUT2D eigenvalue weighted by molar-refractivity contribution is 6.29. The van der Waals surface area contributed by atoms with E-state index in [9.17, 15) is 47.4 Å². The summed E-state index contributed by atoms with van der Waals surface area (Å²) in [5, 5.41) is 43.3. The van der Waals surface area contributed by atoms with Crippen LogP contribution in [0.5, 0.6) is 0 Å². The fourth-order valence-corrected chi connectivity index (χ4v) is 18.4. The van der Waals surface area contributed by atoms with Gasteiger partial charge >= 0.3 is 0 Å². The van der Waals surface area contributed by atoms with Gasteiger partial charge in [0, 0.05) is 81.9 Å². The first-order valence-corrected chi connectivity index (χ1v) is 44.9. The topological polar surface area (TPSA) is 237 Å². The van der Waals surface area contributed by atoms with E-state index < -0.39 is 52.1 Å². The largest absolute Gasteiger partial charge is 0.248 e. The van der Waals surface area contributed by atoms with Gasteiger partial charge in [0.1, 0.15) is 0 Å². The van der Waals surface area contributed by atoms with Crippen molar-refractivity contribution in [1.82, 2.24) is 44.9 Å². The number of hydrogen-bond donors (Lipinski definition) is 0. The fraction of sp³-hybridized carbons (Fsp3) is 0.